The van der Waals surface area contributed by atoms with Crippen molar-refractivity contribution in [3.05, 3.63) is 65.5 Å². The average molecular weight is 357 g/mol. The predicted molar refractivity (Wildman–Crippen MR) is 94.5 cm³/mol. The van der Waals surface area contributed by atoms with E-state index in [2.05, 4.69) is 0 Å². The van der Waals surface area contributed by atoms with E-state index in [1.165, 1.54) is 29.2 Å². The summed E-state index contributed by atoms with van der Waals surface area (Å²) in [5.41, 5.74) is -0.713. The maximum Gasteiger partial charge on any atom is 0.264 e. The molecule has 6 heteroatoms. The Labute approximate surface area is 151 Å². The molecule has 0 unspecified atom stereocenters. The second-order valence-electron chi connectivity index (χ2n) is 6.14. The summed E-state index contributed by atoms with van der Waals surface area (Å²) in [4.78, 5) is 26.9. The summed E-state index contributed by atoms with van der Waals surface area (Å²) in [6, 6.07) is 11.9. The highest BCUT2D eigenvalue weighted by Gasteiger charge is 2.50. The molecule has 0 fully saturated rings. The van der Waals surface area contributed by atoms with Gasteiger partial charge in [0.15, 0.2) is 11.4 Å². The van der Waals surface area contributed by atoms with E-state index in [-0.39, 0.29) is 12.1 Å². The van der Waals surface area contributed by atoms with Gasteiger partial charge >= 0.3 is 0 Å². The molecule has 0 radical (unpaired) electrons. The van der Waals surface area contributed by atoms with Crippen LogP contribution < -0.4 is 4.90 Å². The van der Waals surface area contributed by atoms with E-state index >= 15 is 0 Å². The van der Waals surface area contributed by atoms with E-state index in [0.29, 0.717) is 24.5 Å². The van der Waals surface area contributed by atoms with Gasteiger partial charge in [-0.2, -0.15) is 0 Å². The lowest BCUT2D eigenvalue weighted by atomic mass is 9.88. The smallest absolute Gasteiger partial charge is 0.264 e. The molecule has 1 aliphatic heterocycles. The first kappa shape index (κ1) is 18.2. The van der Waals surface area contributed by atoms with E-state index < -0.39 is 29.5 Å². The molecule has 1 atom stereocenters. The van der Waals surface area contributed by atoms with Gasteiger partial charge in [0.1, 0.15) is 5.82 Å². The Morgan fingerprint density at radius 3 is 2.58 bits per heavy atom. The average Bonchev–Trinajstić information content (AvgIpc) is 2.84. The predicted octanol–water partition coefficient (Wildman–Crippen LogP) is 2.67. The highest BCUT2D eigenvalue weighted by atomic mass is 19.1. The van der Waals surface area contributed by atoms with Crippen molar-refractivity contribution in [1.82, 2.24) is 0 Å². The van der Waals surface area contributed by atoms with Crippen molar-refractivity contribution >= 4 is 17.4 Å². The largest absolute Gasteiger partial charge is 0.380 e. The standard InChI is InChI=1S/C20H20FNO4/c1-2-26-12-11-22-17-6-4-3-5-16(17)20(25,19(22)24)13-18(23)14-7-9-15(21)10-8-14/h3-10,25H,2,11-13H2,1H3/t20-/m0/s1. The first-order valence-electron chi connectivity index (χ1n) is 8.47. The number of ketones is 1. The Bertz CT molecular complexity index is 821. The fraction of sp³-hybridized carbons (Fsp3) is 0.300. The van der Waals surface area contributed by atoms with E-state index in [1.807, 2.05) is 6.92 Å². The third kappa shape index (κ3) is 3.25. The summed E-state index contributed by atoms with van der Waals surface area (Å²) in [6.07, 6.45) is -0.403. The van der Waals surface area contributed by atoms with Crippen LogP contribution in [0.4, 0.5) is 10.1 Å². The zero-order valence-corrected chi connectivity index (χ0v) is 14.4. The van der Waals surface area contributed by atoms with E-state index in [4.69, 9.17) is 4.74 Å². The van der Waals surface area contributed by atoms with Crippen molar-refractivity contribution in [2.75, 3.05) is 24.7 Å². The molecule has 0 saturated heterocycles. The molecule has 1 N–H and O–H groups in total. The Balaban J connectivity index is 1.88. The minimum absolute atomic E-state index is 0.248. The molecule has 0 aliphatic carbocycles. The summed E-state index contributed by atoms with van der Waals surface area (Å²) in [5.74, 6) is -1.43. The molecule has 0 spiro atoms. The highest BCUT2D eigenvalue weighted by Crippen LogP contribution is 2.42. The Hall–Kier alpha value is -2.57. The van der Waals surface area contributed by atoms with Crippen LogP contribution in [0.1, 0.15) is 29.3 Å². The van der Waals surface area contributed by atoms with Gasteiger partial charge in [0.05, 0.1) is 18.7 Å². The van der Waals surface area contributed by atoms with Crippen LogP contribution in [0.15, 0.2) is 48.5 Å². The van der Waals surface area contributed by atoms with Gasteiger partial charge < -0.3 is 14.7 Å². The van der Waals surface area contributed by atoms with Gasteiger partial charge in [-0.25, -0.2) is 4.39 Å². The van der Waals surface area contributed by atoms with Crippen molar-refractivity contribution in [2.45, 2.75) is 18.9 Å². The molecule has 1 aliphatic rings. The van der Waals surface area contributed by atoms with Gasteiger partial charge in [0, 0.05) is 24.3 Å². The molecule has 1 amide bonds. The number of Topliss-reactive ketones (excluding diaryl/α,β-unsaturated/α-hetero) is 1. The number of amides is 1. The molecule has 0 aromatic heterocycles. The topological polar surface area (TPSA) is 66.8 Å². The van der Waals surface area contributed by atoms with Crippen LogP contribution in [0.25, 0.3) is 0 Å². The number of nitrogens with zero attached hydrogens (tertiary/aromatic N) is 1. The third-order valence-corrected chi connectivity index (χ3v) is 4.49. The number of halogens is 1. The quantitative estimate of drug-likeness (QED) is 0.611. The van der Waals surface area contributed by atoms with Gasteiger partial charge in [-0.1, -0.05) is 18.2 Å². The lowest BCUT2D eigenvalue weighted by molar-refractivity contribution is -0.136. The number of ether oxygens (including phenoxy) is 1. The summed E-state index contributed by atoms with van der Waals surface area (Å²) < 4.78 is 18.4. The van der Waals surface area contributed by atoms with Gasteiger partial charge in [-0.3, -0.25) is 9.59 Å². The van der Waals surface area contributed by atoms with Gasteiger partial charge in [0.25, 0.3) is 5.91 Å². The number of aliphatic hydroxyl groups is 1. The monoisotopic (exact) mass is 357 g/mol. The molecule has 5 nitrogen and oxygen atoms in total. The number of hydrogen-bond donors (Lipinski definition) is 1. The Kier molecular flexibility index (Phi) is 5.15. The van der Waals surface area contributed by atoms with Crippen molar-refractivity contribution in [1.29, 1.82) is 0 Å². The number of hydrogen-bond acceptors (Lipinski definition) is 4. The van der Waals surface area contributed by atoms with Gasteiger partial charge in [0.2, 0.25) is 0 Å². The number of para-hydroxylation sites is 1. The van der Waals surface area contributed by atoms with Crippen LogP contribution in [-0.4, -0.2) is 36.6 Å². The molecule has 26 heavy (non-hydrogen) atoms. The molecular formula is C20H20FNO4. The fourth-order valence-electron chi connectivity index (χ4n) is 3.17. The molecule has 2 aromatic carbocycles. The second-order valence-corrected chi connectivity index (χ2v) is 6.14. The van der Waals surface area contributed by atoms with E-state index in [1.54, 1.807) is 24.3 Å². The summed E-state index contributed by atoms with van der Waals surface area (Å²) in [5, 5.41) is 11.1. The van der Waals surface area contributed by atoms with Crippen molar-refractivity contribution in [3.63, 3.8) is 0 Å². The van der Waals surface area contributed by atoms with Crippen LogP contribution in [0.3, 0.4) is 0 Å². The van der Waals surface area contributed by atoms with Crippen LogP contribution in [0, 0.1) is 5.82 Å². The van der Waals surface area contributed by atoms with Crippen LogP contribution in [-0.2, 0) is 15.1 Å². The van der Waals surface area contributed by atoms with Crippen LogP contribution in [0.5, 0.6) is 0 Å². The maximum absolute atomic E-state index is 13.1. The Morgan fingerprint density at radius 2 is 1.88 bits per heavy atom. The molecule has 0 bridgehead atoms. The molecule has 1 heterocycles. The van der Waals surface area contributed by atoms with Gasteiger partial charge in [-0.15, -0.1) is 0 Å². The Morgan fingerprint density at radius 1 is 1.19 bits per heavy atom. The summed E-state index contributed by atoms with van der Waals surface area (Å²) in [7, 11) is 0. The zero-order chi connectivity index (χ0) is 18.7. The highest BCUT2D eigenvalue weighted by molar-refractivity contribution is 6.10. The van der Waals surface area contributed by atoms with Gasteiger partial charge in [-0.05, 0) is 37.3 Å². The number of rotatable bonds is 7. The summed E-state index contributed by atoms with van der Waals surface area (Å²) in [6.45, 7) is 3.00. The molecule has 2 aromatic rings. The lowest BCUT2D eigenvalue weighted by Crippen LogP contribution is -2.43. The summed E-state index contributed by atoms with van der Waals surface area (Å²) >= 11 is 0. The molecule has 136 valence electrons. The van der Waals surface area contributed by atoms with Crippen molar-refractivity contribution < 1.29 is 23.8 Å². The zero-order valence-electron chi connectivity index (χ0n) is 14.4. The molecule has 0 saturated carbocycles. The first-order valence-corrected chi connectivity index (χ1v) is 8.47. The first-order chi connectivity index (χ1) is 12.5. The van der Waals surface area contributed by atoms with Crippen molar-refractivity contribution in [2.24, 2.45) is 0 Å². The number of carbonyl (C=O) groups is 2. The third-order valence-electron chi connectivity index (χ3n) is 4.49. The minimum Gasteiger partial charge on any atom is -0.380 e. The SMILES string of the molecule is CCOCCN1C(=O)[C@](O)(CC(=O)c2ccc(F)cc2)c2ccccc21. The second kappa shape index (κ2) is 7.35. The number of carbonyl (C=O) groups excluding carboxylic acids is 2. The number of fused-ring (bicyclic) bond motifs is 1. The molecular weight excluding hydrogens is 337 g/mol. The van der Waals surface area contributed by atoms with Crippen LogP contribution >= 0.6 is 0 Å². The van der Waals surface area contributed by atoms with Crippen molar-refractivity contribution in [3.8, 4) is 0 Å². The van der Waals surface area contributed by atoms with Crippen LogP contribution in [0.2, 0.25) is 0 Å². The van der Waals surface area contributed by atoms with E-state index in [9.17, 15) is 19.1 Å². The number of anilines is 1. The fourth-order valence-corrected chi connectivity index (χ4v) is 3.17. The molecule has 3 rings (SSSR count). The normalized spacial score (nSPS) is 18.9. The lowest BCUT2D eigenvalue weighted by Gasteiger charge is -2.22. The minimum atomic E-state index is -1.94. The number of benzene rings is 2. The maximum atomic E-state index is 13.1. The van der Waals surface area contributed by atoms with E-state index in [0.717, 1.165) is 0 Å².